The van der Waals surface area contributed by atoms with Gasteiger partial charge in [-0.1, -0.05) is 25.3 Å². The van der Waals surface area contributed by atoms with Crippen LogP contribution in [0.15, 0.2) is 42.0 Å². The summed E-state index contributed by atoms with van der Waals surface area (Å²) in [6.07, 6.45) is 8.52. The van der Waals surface area contributed by atoms with E-state index in [1.54, 1.807) is 21.2 Å². The third-order valence-corrected chi connectivity index (χ3v) is 10.1. The molecule has 1 unspecified atom stereocenters. The van der Waals surface area contributed by atoms with Crippen LogP contribution < -0.4 is 9.46 Å². The van der Waals surface area contributed by atoms with Gasteiger partial charge >= 0.3 is 0 Å². The second-order valence-corrected chi connectivity index (χ2v) is 13.5. The van der Waals surface area contributed by atoms with Gasteiger partial charge in [-0.15, -0.1) is 0 Å². The van der Waals surface area contributed by atoms with E-state index < -0.39 is 17.1 Å². The van der Waals surface area contributed by atoms with Crippen LogP contribution in [0.1, 0.15) is 72.3 Å². The van der Waals surface area contributed by atoms with Crippen molar-refractivity contribution in [2.45, 2.75) is 63.5 Å². The number of carbonyl (C=O) groups is 2. The van der Waals surface area contributed by atoms with Crippen molar-refractivity contribution in [3.63, 3.8) is 0 Å². The molecule has 0 radical (unpaired) electrons. The number of nitrogens with one attached hydrogen (secondary N) is 1. The van der Waals surface area contributed by atoms with E-state index in [1.165, 1.54) is 29.1 Å². The lowest BCUT2D eigenvalue weighted by atomic mass is 9.81. The molecule has 1 saturated heterocycles. The Morgan fingerprint density at radius 2 is 1.77 bits per heavy atom. The molecule has 0 bridgehead atoms. The maximum absolute atomic E-state index is 14.0. The predicted molar refractivity (Wildman–Crippen MR) is 169 cm³/mol. The Labute approximate surface area is 255 Å². The van der Waals surface area contributed by atoms with Crippen molar-refractivity contribution in [2.24, 2.45) is 0 Å². The van der Waals surface area contributed by atoms with Crippen LogP contribution in [-0.2, 0) is 22.5 Å². The number of rotatable bonds is 6. The van der Waals surface area contributed by atoms with Crippen LogP contribution in [0.4, 0.5) is 0 Å². The Kier molecular flexibility index (Phi) is 8.44. The molecule has 2 amide bonds. The number of aliphatic hydroxyl groups excluding tert-OH is 1. The largest absolute Gasteiger partial charge is 0.497 e. The van der Waals surface area contributed by atoms with E-state index in [2.05, 4.69) is 15.4 Å². The van der Waals surface area contributed by atoms with E-state index in [-0.39, 0.29) is 12.0 Å². The van der Waals surface area contributed by atoms with Gasteiger partial charge in [0.1, 0.15) is 5.75 Å². The molecule has 1 saturated carbocycles. The molecule has 10 heteroatoms. The summed E-state index contributed by atoms with van der Waals surface area (Å²) < 4.78 is 24.2. The molecule has 3 heterocycles. The van der Waals surface area contributed by atoms with Crippen LogP contribution in [0.3, 0.4) is 0 Å². The van der Waals surface area contributed by atoms with Gasteiger partial charge in [0.05, 0.1) is 25.5 Å². The fraction of sp³-hybridized carbons (Fsp3) is 0.455. The van der Waals surface area contributed by atoms with Gasteiger partial charge in [0.15, 0.2) is 11.2 Å². The summed E-state index contributed by atoms with van der Waals surface area (Å²) in [5.41, 5.74) is 6.27. The van der Waals surface area contributed by atoms with E-state index >= 15 is 0 Å². The number of hydrogen-bond donors (Lipinski definition) is 2. The van der Waals surface area contributed by atoms with Gasteiger partial charge in [-0.05, 0) is 79.1 Å². The highest BCUT2D eigenvalue weighted by atomic mass is 32.2. The summed E-state index contributed by atoms with van der Waals surface area (Å²) in [6.45, 7) is 1.38. The van der Waals surface area contributed by atoms with Crippen molar-refractivity contribution in [1.82, 2.24) is 18.5 Å². The van der Waals surface area contributed by atoms with Crippen LogP contribution in [0.25, 0.3) is 28.2 Å². The van der Waals surface area contributed by atoms with E-state index in [0.717, 1.165) is 46.3 Å². The summed E-state index contributed by atoms with van der Waals surface area (Å²) in [6, 6.07) is 11.8. The van der Waals surface area contributed by atoms with E-state index in [9.17, 15) is 18.9 Å². The fourth-order valence-electron chi connectivity index (χ4n) is 6.81. The number of piperidine rings is 1. The number of methoxy groups -OCH3 is 1. The molecule has 6 rings (SSSR count). The first-order chi connectivity index (χ1) is 20.7. The first kappa shape index (κ1) is 29.6. The minimum Gasteiger partial charge on any atom is -0.497 e. The number of ether oxygens (including phenoxy) is 1. The Hall–Kier alpha value is -3.47. The van der Waals surface area contributed by atoms with Crippen LogP contribution >= 0.6 is 0 Å². The van der Waals surface area contributed by atoms with Gasteiger partial charge in [-0.3, -0.25) is 14.3 Å². The van der Waals surface area contributed by atoms with E-state index in [4.69, 9.17) is 4.74 Å². The minimum atomic E-state index is -1.65. The van der Waals surface area contributed by atoms with E-state index in [1.807, 2.05) is 41.3 Å². The number of amides is 2. The number of hydrogen-bond acceptors (Lipinski definition) is 5. The number of likely N-dealkylation sites (tertiary alicyclic amines) is 1. The molecular weight excluding hydrogens is 564 g/mol. The zero-order valence-electron chi connectivity index (χ0n) is 25.1. The Balaban J connectivity index is 1.54. The molecule has 2 aromatic carbocycles. The maximum atomic E-state index is 14.0. The smallest absolute Gasteiger partial charge is 0.264 e. The number of fused-ring (bicyclic) bond motifs is 5. The number of nitrogens with zero attached hydrogens (tertiary/aromatic N) is 3. The fourth-order valence-corrected chi connectivity index (χ4v) is 7.27. The summed E-state index contributed by atoms with van der Waals surface area (Å²) in [7, 11) is 4.93. The standard InChI is InChI=1S/C33H40N4O5S/c1-35(2)43(41)34-32(39)22-9-11-28-29(19-22)37-20-24(33(40)36-15-13-25(38)14-16-36)17-23-18-26(42-3)10-12-27(23)31(37)30(28)21-7-5-4-6-8-21/h9-12,17-19,21,25,38H,4-8,13-16,20H2,1-3H3,(H,34,39). The molecule has 3 aromatic rings. The Morgan fingerprint density at radius 3 is 2.47 bits per heavy atom. The number of aromatic nitrogens is 1. The molecule has 1 aromatic heterocycles. The SMILES string of the molecule is COc1ccc2c(c1)C=C(C(=O)N1CCC(O)CC1)Cn1c-2c(C2CCCCC2)c2ccc(C(=O)NS(=O)N(C)C)cc21. The van der Waals surface area contributed by atoms with Crippen molar-refractivity contribution < 1.29 is 23.6 Å². The number of aliphatic hydroxyl groups is 1. The monoisotopic (exact) mass is 604 g/mol. The quantitative estimate of drug-likeness (QED) is 0.428. The molecule has 3 aliphatic rings. The molecular formula is C33H40N4O5S. The lowest BCUT2D eigenvalue weighted by Crippen LogP contribution is -2.41. The second-order valence-electron chi connectivity index (χ2n) is 12.1. The number of carbonyl (C=O) groups excluding carboxylic acids is 2. The molecule has 1 aliphatic carbocycles. The summed E-state index contributed by atoms with van der Waals surface area (Å²) in [5, 5.41) is 11.1. The summed E-state index contributed by atoms with van der Waals surface area (Å²) in [5.74, 6) is 0.634. The van der Waals surface area contributed by atoms with Gasteiger partial charge < -0.3 is 19.3 Å². The Morgan fingerprint density at radius 1 is 1.02 bits per heavy atom. The molecule has 0 spiro atoms. The Bertz CT molecular complexity index is 1610. The molecule has 9 nitrogen and oxygen atoms in total. The van der Waals surface area contributed by atoms with Crippen molar-refractivity contribution in [2.75, 3.05) is 34.3 Å². The lowest BCUT2D eigenvalue weighted by molar-refractivity contribution is -0.129. The van der Waals surface area contributed by atoms with Crippen LogP contribution in [0.5, 0.6) is 5.75 Å². The molecule has 2 aliphatic heterocycles. The van der Waals surface area contributed by atoms with Gasteiger partial charge in [0, 0.05) is 54.8 Å². The summed E-state index contributed by atoms with van der Waals surface area (Å²) in [4.78, 5) is 29.0. The molecule has 1 atom stereocenters. The van der Waals surface area contributed by atoms with Crippen LogP contribution in [0.2, 0.25) is 0 Å². The van der Waals surface area contributed by atoms with Crippen LogP contribution in [0, 0.1) is 0 Å². The highest BCUT2D eigenvalue weighted by Crippen LogP contribution is 2.47. The maximum Gasteiger partial charge on any atom is 0.264 e. The zero-order valence-corrected chi connectivity index (χ0v) is 25.9. The van der Waals surface area contributed by atoms with Crippen LogP contribution in [-0.4, -0.2) is 75.3 Å². The normalized spacial score (nSPS) is 18.5. The van der Waals surface area contributed by atoms with Crippen molar-refractivity contribution in [3.05, 3.63) is 58.7 Å². The van der Waals surface area contributed by atoms with Crippen molar-refractivity contribution >= 4 is 40.0 Å². The molecule has 2 N–H and O–H groups in total. The van der Waals surface area contributed by atoms with Gasteiger partial charge in [0.25, 0.3) is 11.8 Å². The van der Waals surface area contributed by atoms with Crippen molar-refractivity contribution in [1.29, 1.82) is 0 Å². The van der Waals surface area contributed by atoms with Gasteiger partial charge in [0.2, 0.25) is 0 Å². The molecule has 2 fully saturated rings. The summed E-state index contributed by atoms with van der Waals surface area (Å²) >= 11 is -1.65. The lowest BCUT2D eigenvalue weighted by Gasteiger charge is -2.30. The van der Waals surface area contributed by atoms with Crippen molar-refractivity contribution in [3.8, 4) is 17.0 Å². The third-order valence-electron chi connectivity index (χ3n) is 9.09. The van der Waals surface area contributed by atoms with Gasteiger partial charge in [-0.2, -0.15) is 0 Å². The number of benzene rings is 2. The zero-order chi connectivity index (χ0) is 30.2. The van der Waals surface area contributed by atoms with E-state index in [0.29, 0.717) is 49.5 Å². The highest BCUT2D eigenvalue weighted by Gasteiger charge is 2.32. The topological polar surface area (TPSA) is 104 Å². The average Bonchev–Trinajstić information content (AvgIpc) is 3.23. The second kappa shape index (κ2) is 12.3. The first-order valence-corrected chi connectivity index (χ1v) is 16.3. The molecule has 43 heavy (non-hydrogen) atoms. The van der Waals surface area contributed by atoms with Gasteiger partial charge in [-0.25, -0.2) is 8.51 Å². The average molecular weight is 605 g/mol. The predicted octanol–water partition coefficient (Wildman–Crippen LogP) is 4.62. The first-order valence-electron chi connectivity index (χ1n) is 15.2. The highest BCUT2D eigenvalue weighted by molar-refractivity contribution is 7.81. The molecule has 228 valence electrons. The third kappa shape index (κ3) is 5.75. The minimum absolute atomic E-state index is 0.0372.